The van der Waals surface area contributed by atoms with Crippen molar-refractivity contribution in [2.75, 3.05) is 0 Å². The van der Waals surface area contributed by atoms with E-state index in [1.807, 2.05) is 93.3 Å². The minimum Gasteiger partial charge on any atom is -0.399 e. The first-order valence-corrected chi connectivity index (χ1v) is 9.75. The molecule has 0 amide bonds. The van der Waals surface area contributed by atoms with Crippen LogP contribution in [0.15, 0.2) is 61.1 Å². The molecule has 1 fully saturated rings. The summed E-state index contributed by atoms with van der Waals surface area (Å²) in [5.74, 6) is 0. The lowest BCUT2D eigenvalue weighted by Crippen LogP contribution is -2.41. The summed E-state index contributed by atoms with van der Waals surface area (Å²) in [5, 5.41) is 9.37. The molecule has 1 aromatic heterocycles. The lowest BCUT2D eigenvalue weighted by atomic mass is 9.75. The fourth-order valence-corrected chi connectivity index (χ4v) is 3.41. The Morgan fingerprint density at radius 2 is 1.72 bits per heavy atom. The highest BCUT2D eigenvalue weighted by Crippen LogP contribution is 2.36. The number of aromatic nitrogens is 2. The molecule has 1 saturated heterocycles. The third-order valence-corrected chi connectivity index (χ3v) is 5.83. The fourth-order valence-electron chi connectivity index (χ4n) is 3.41. The van der Waals surface area contributed by atoms with E-state index in [9.17, 15) is 5.26 Å². The number of hydrogen-bond donors (Lipinski definition) is 0. The van der Waals surface area contributed by atoms with E-state index in [4.69, 9.17) is 9.31 Å². The third kappa shape index (κ3) is 3.72. The molecule has 0 aliphatic carbocycles. The molecule has 146 valence electrons. The molecule has 6 heteroatoms. The molecule has 0 saturated carbocycles. The van der Waals surface area contributed by atoms with Gasteiger partial charge in [-0.1, -0.05) is 36.4 Å². The van der Waals surface area contributed by atoms with Crippen LogP contribution in [-0.4, -0.2) is 27.9 Å². The molecule has 0 spiro atoms. The van der Waals surface area contributed by atoms with E-state index in [0.717, 1.165) is 22.3 Å². The second kappa shape index (κ2) is 7.18. The van der Waals surface area contributed by atoms with Gasteiger partial charge in [0.05, 0.1) is 34.9 Å². The lowest BCUT2D eigenvalue weighted by molar-refractivity contribution is 0.00578. The Hall–Kier alpha value is -2.88. The molecular weight excluding hydrogens is 361 g/mol. The van der Waals surface area contributed by atoms with Crippen LogP contribution in [0.1, 0.15) is 38.8 Å². The molecule has 0 N–H and O–H groups in total. The highest BCUT2D eigenvalue weighted by Gasteiger charge is 2.52. The second-order valence-electron chi connectivity index (χ2n) is 8.41. The number of benzene rings is 2. The minimum absolute atomic E-state index is 0.418. The summed E-state index contributed by atoms with van der Waals surface area (Å²) in [6, 6.07) is 18.0. The van der Waals surface area contributed by atoms with Crippen molar-refractivity contribution in [2.24, 2.45) is 0 Å². The van der Waals surface area contributed by atoms with Crippen molar-refractivity contribution < 1.29 is 9.31 Å². The molecule has 3 aromatic rings. The Balaban J connectivity index is 1.66. The Kier molecular flexibility index (Phi) is 4.81. The van der Waals surface area contributed by atoms with Crippen molar-refractivity contribution in [1.82, 2.24) is 9.55 Å². The lowest BCUT2D eigenvalue weighted by Gasteiger charge is -2.32. The normalized spacial score (nSPS) is 17.3. The molecule has 0 unspecified atom stereocenters. The summed E-state index contributed by atoms with van der Waals surface area (Å²) in [5.41, 5.74) is 3.69. The average Bonchev–Trinajstić information content (AvgIpc) is 3.24. The average molecular weight is 385 g/mol. The Morgan fingerprint density at radius 3 is 2.38 bits per heavy atom. The fraction of sp³-hybridized carbons (Fsp3) is 0.304. The first kappa shape index (κ1) is 19.4. The largest absolute Gasteiger partial charge is 0.495 e. The van der Waals surface area contributed by atoms with Gasteiger partial charge in [0.1, 0.15) is 0 Å². The molecule has 2 heterocycles. The standard InChI is InChI=1S/C23H24BN3O2/c1-22(2)23(3,4)29-24(28-22)20-11-10-17(13-25)12-19(20)14-27-15-21(26-16-27)18-8-6-5-7-9-18/h5-12,15-16H,14H2,1-4H3. The van der Waals surface area contributed by atoms with E-state index in [-0.39, 0.29) is 0 Å². The first-order valence-electron chi connectivity index (χ1n) is 9.75. The highest BCUT2D eigenvalue weighted by molar-refractivity contribution is 6.62. The number of nitrogens with zero attached hydrogens (tertiary/aromatic N) is 3. The third-order valence-electron chi connectivity index (χ3n) is 5.83. The Morgan fingerprint density at radius 1 is 1.03 bits per heavy atom. The van der Waals surface area contributed by atoms with Crippen molar-refractivity contribution in [2.45, 2.75) is 45.4 Å². The van der Waals surface area contributed by atoms with Gasteiger partial charge >= 0.3 is 7.12 Å². The van der Waals surface area contributed by atoms with Gasteiger partial charge in [-0.15, -0.1) is 0 Å². The quantitative estimate of drug-likeness (QED) is 0.642. The summed E-state index contributed by atoms with van der Waals surface area (Å²) < 4.78 is 14.5. The van der Waals surface area contributed by atoms with Crippen LogP contribution in [0.5, 0.6) is 0 Å². The zero-order chi connectivity index (χ0) is 20.6. The molecule has 29 heavy (non-hydrogen) atoms. The van der Waals surface area contributed by atoms with E-state index in [2.05, 4.69) is 11.1 Å². The van der Waals surface area contributed by atoms with Gasteiger partial charge in [-0.05, 0) is 50.9 Å². The Labute approximate surface area is 172 Å². The minimum atomic E-state index is -0.472. The monoisotopic (exact) mass is 385 g/mol. The zero-order valence-electron chi connectivity index (χ0n) is 17.2. The molecule has 4 rings (SSSR count). The zero-order valence-corrected chi connectivity index (χ0v) is 17.2. The van der Waals surface area contributed by atoms with Gasteiger partial charge in [0, 0.05) is 18.3 Å². The van der Waals surface area contributed by atoms with Gasteiger partial charge in [-0.25, -0.2) is 4.98 Å². The van der Waals surface area contributed by atoms with E-state index < -0.39 is 18.3 Å². The van der Waals surface area contributed by atoms with Crippen molar-refractivity contribution in [3.8, 4) is 17.3 Å². The summed E-state index contributed by atoms with van der Waals surface area (Å²) in [6.07, 6.45) is 3.83. The maximum absolute atomic E-state index is 9.37. The van der Waals surface area contributed by atoms with E-state index in [1.54, 1.807) is 0 Å². The molecule has 1 aliphatic rings. The van der Waals surface area contributed by atoms with Crippen LogP contribution in [0.3, 0.4) is 0 Å². The highest BCUT2D eigenvalue weighted by atomic mass is 16.7. The number of imidazole rings is 1. The van der Waals surface area contributed by atoms with Crippen LogP contribution in [0, 0.1) is 11.3 Å². The van der Waals surface area contributed by atoms with Gasteiger partial charge in [0.25, 0.3) is 0 Å². The van der Waals surface area contributed by atoms with E-state index in [0.29, 0.717) is 12.1 Å². The van der Waals surface area contributed by atoms with Gasteiger partial charge in [-0.2, -0.15) is 5.26 Å². The number of rotatable bonds is 4. The van der Waals surface area contributed by atoms with Gasteiger partial charge in [0.2, 0.25) is 0 Å². The van der Waals surface area contributed by atoms with Crippen molar-refractivity contribution in [3.63, 3.8) is 0 Å². The maximum atomic E-state index is 9.37. The molecule has 0 atom stereocenters. The van der Waals surface area contributed by atoms with Crippen LogP contribution in [0.25, 0.3) is 11.3 Å². The van der Waals surface area contributed by atoms with Crippen LogP contribution < -0.4 is 5.46 Å². The van der Waals surface area contributed by atoms with E-state index in [1.165, 1.54) is 0 Å². The van der Waals surface area contributed by atoms with Crippen molar-refractivity contribution >= 4 is 12.6 Å². The van der Waals surface area contributed by atoms with Crippen LogP contribution in [0.4, 0.5) is 0 Å². The summed E-state index contributed by atoms with van der Waals surface area (Å²) >= 11 is 0. The SMILES string of the molecule is CC1(C)OB(c2ccc(C#N)cc2Cn2cnc(-c3ccccc3)c2)OC1(C)C. The summed E-state index contributed by atoms with van der Waals surface area (Å²) in [4.78, 5) is 4.53. The predicted octanol–water partition coefficient (Wildman–Crippen LogP) is 3.77. The Bertz CT molecular complexity index is 1050. The van der Waals surface area contributed by atoms with Crippen LogP contribution in [-0.2, 0) is 15.9 Å². The van der Waals surface area contributed by atoms with Gasteiger partial charge in [-0.3, -0.25) is 0 Å². The summed E-state index contributed by atoms with van der Waals surface area (Å²) in [6.45, 7) is 8.74. The number of hydrogen-bond acceptors (Lipinski definition) is 4. The van der Waals surface area contributed by atoms with Crippen molar-refractivity contribution in [3.05, 3.63) is 72.2 Å². The molecule has 5 nitrogen and oxygen atoms in total. The second-order valence-corrected chi connectivity index (χ2v) is 8.41. The molecule has 1 aliphatic heterocycles. The van der Waals surface area contributed by atoms with E-state index >= 15 is 0 Å². The predicted molar refractivity (Wildman–Crippen MR) is 114 cm³/mol. The van der Waals surface area contributed by atoms with Crippen LogP contribution >= 0.6 is 0 Å². The first-order chi connectivity index (χ1) is 13.8. The maximum Gasteiger partial charge on any atom is 0.495 e. The van der Waals surface area contributed by atoms with Gasteiger partial charge < -0.3 is 13.9 Å². The smallest absolute Gasteiger partial charge is 0.399 e. The van der Waals surface area contributed by atoms with Crippen LogP contribution in [0.2, 0.25) is 0 Å². The van der Waals surface area contributed by atoms with Crippen molar-refractivity contribution in [1.29, 1.82) is 5.26 Å². The molecule has 2 aromatic carbocycles. The number of nitriles is 1. The topological polar surface area (TPSA) is 60.1 Å². The molecular formula is C23H24BN3O2. The van der Waals surface area contributed by atoms with Gasteiger partial charge in [0.15, 0.2) is 0 Å². The molecule has 0 bridgehead atoms. The summed E-state index contributed by atoms with van der Waals surface area (Å²) in [7, 11) is -0.472. The molecule has 0 radical (unpaired) electrons.